The van der Waals surface area contributed by atoms with Crippen molar-refractivity contribution in [2.24, 2.45) is 0 Å². The second-order valence-corrected chi connectivity index (χ2v) is 52.7. The van der Waals surface area contributed by atoms with E-state index in [4.69, 9.17) is 172 Å². The second kappa shape index (κ2) is 84.2. The molecule has 0 radical (unpaired) electrons. The minimum Gasteiger partial charge on any atom is -0.456 e. The van der Waals surface area contributed by atoms with Crippen molar-refractivity contribution >= 4 is 377 Å². The summed E-state index contributed by atoms with van der Waals surface area (Å²) in [6.07, 6.45) is 0. The molecule has 4 aromatic rings. The van der Waals surface area contributed by atoms with E-state index in [9.17, 15) is 28.8 Å². The van der Waals surface area contributed by atoms with E-state index in [1.54, 1.807) is 69.2 Å². The Morgan fingerprint density at radius 1 is 0.320 bits per heavy atom. The number of thioether (sulfide) groups is 12. The van der Waals surface area contributed by atoms with E-state index in [2.05, 4.69) is 71.4 Å². The smallest absolute Gasteiger partial charge is 0.294 e. The van der Waals surface area contributed by atoms with E-state index < -0.39 is 19.7 Å². The topological polar surface area (TPSA) is 242 Å². The quantitative estimate of drug-likeness (QED) is 0.0128. The first-order valence-electron chi connectivity index (χ1n) is 35.3. The standard InChI is InChI=1S/C11H11NS2.C11H12O2S2.C10H9NS2.C9H8O2S2.2C6H9NS2.2C6H10O2S2.2C5H7NS2.2C4H6O2S2/c1-11(2,12-3)14-10(13)9-7-5-4-6-8-9;1-11(2,13-8-12)15-10(14)9-6-4-3-5-7-9;1-8(7-11)13-10(12)9-5-3-2-4-6-9;10-6-11-7-13-9(12)8-4-2-1-3-5-8;2*1-5(8)9-6(2,3)7-4;2*1-5(9)10-6(2,3)8-4-7;2*1-4(3-6)8-5(2)7;2*1-4(7)8-3-6-2-5/h4-8H,1-2H3;3-8H,1-2H3;2-6,8H,1H3;1-6H,7H2;2*1-3H3;2*4H,1-3H3;2*4H,1-2H3;2*2H,3H2,1H3. The van der Waals surface area contributed by atoms with Crippen LogP contribution in [0.3, 0.4) is 0 Å². The van der Waals surface area contributed by atoms with Gasteiger partial charge in [0.15, 0.2) is 14.8 Å². The lowest BCUT2D eigenvalue weighted by molar-refractivity contribution is -0.134. The monoisotopic (exact) mass is 2140 g/mol. The summed E-state index contributed by atoms with van der Waals surface area (Å²) in [4.78, 5) is 66.4. The Kier molecular flexibility index (Phi) is 91.9. The fourth-order valence-electron chi connectivity index (χ4n) is 6.04. The van der Waals surface area contributed by atoms with Crippen LogP contribution in [0.2, 0.25) is 0 Å². The molecule has 18 nitrogen and oxygen atoms in total. The fraction of sp³-hybridized carbons (Fsp3) is 0.422. The molecular weight excluding hydrogens is 2040 g/mol. The predicted octanol–water partition coefficient (Wildman–Crippen LogP) is 27.7. The molecule has 0 spiro atoms. The van der Waals surface area contributed by atoms with Gasteiger partial charge in [0.1, 0.15) is 17.8 Å². The number of thiocarbonyl (C=S) groups is 12. The fourth-order valence-corrected chi connectivity index (χ4v) is 19.4. The summed E-state index contributed by atoms with van der Waals surface area (Å²) >= 11 is 75.6. The number of rotatable bonds is 28. The van der Waals surface area contributed by atoms with Gasteiger partial charge in [-0.2, -0.15) is 15.8 Å². The molecular formula is C83H104N6O12S24. The van der Waals surface area contributed by atoms with E-state index in [1.807, 2.05) is 211 Å². The van der Waals surface area contributed by atoms with Gasteiger partial charge >= 0.3 is 0 Å². The molecule has 0 amide bonds. The number of nitriles is 3. The SMILES string of the molecule is CC(=S)SC(C)(C)OC=O.CC(=S)SC(C)(C)OC=O.CC(=S)SC(C)C#N.CC(=S)SC(C)C#N.CC(=S)SCOC=O.CC(=S)SCOC=O.CC(C#N)SC(=S)c1ccccc1.CC(C)(OC=O)SC(=S)c1ccccc1.O=COCSC(=S)c1ccccc1.[C-]#[N+]C(C)(C)SC(=S)c1ccccc1.[C-]#[N+]C(C)(C)SC(C)=S.[C-]#[N+]C(C)(C)SC(C)=S. The summed E-state index contributed by atoms with van der Waals surface area (Å²) in [5.74, 6) is 0.939. The van der Waals surface area contributed by atoms with Gasteiger partial charge in [-0.1, -0.05) is 350 Å². The third-order valence-electron chi connectivity index (χ3n) is 10.7. The maximum Gasteiger partial charge on any atom is 0.294 e. The van der Waals surface area contributed by atoms with Crippen molar-refractivity contribution in [3.8, 4) is 18.2 Å². The van der Waals surface area contributed by atoms with Crippen LogP contribution >= 0.6 is 288 Å². The van der Waals surface area contributed by atoms with E-state index in [0.717, 1.165) is 72.6 Å². The van der Waals surface area contributed by atoms with Crippen LogP contribution in [0.5, 0.6) is 0 Å². The van der Waals surface area contributed by atoms with Gasteiger partial charge in [-0.15, -0.1) is 23.5 Å². The van der Waals surface area contributed by atoms with Crippen LogP contribution in [0.25, 0.3) is 14.5 Å². The molecule has 0 saturated carbocycles. The van der Waals surface area contributed by atoms with Gasteiger partial charge in [-0.25, -0.2) is 19.7 Å². The Labute approximate surface area is 858 Å². The summed E-state index contributed by atoms with van der Waals surface area (Å²) in [5.41, 5.74) is 3.99. The van der Waals surface area contributed by atoms with Crippen LogP contribution < -0.4 is 0 Å². The zero-order chi connectivity index (χ0) is 98.4. The first kappa shape index (κ1) is 136. The summed E-state index contributed by atoms with van der Waals surface area (Å²) in [5, 5.41) is 25.0. The third kappa shape index (κ3) is 102. The lowest BCUT2D eigenvalue weighted by atomic mass is 10.2. The number of ether oxygens (including phenoxy) is 6. The summed E-state index contributed by atoms with van der Waals surface area (Å²) in [7, 11) is 0. The van der Waals surface area contributed by atoms with Crippen molar-refractivity contribution in [1.82, 2.24) is 0 Å². The Bertz CT molecular complexity index is 4090. The Hall–Kier alpha value is -4.08. The van der Waals surface area contributed by atoms with Crippen LogP contribution in [0.4, 0.5) is 0 Å². The van der Waals surface area contributed by atoms with Gasteiger partial charge in [0.2, 0.25) is 0 Å². The highest BCUT2D eigenvalue weighted by molar-refractivity contribution is 8.27. The van der Waals surface area contributed by atoms with Crippen LogP contribution in [-0.4, -0.2) is 152 Å². The minimum atomic E-state index is -0.616. The van der Waals surface area contributed by atoms with Gasteiger partial charge in [-0.05, 0) is 175 Å². The normalized spacial score (nSPS) is 10.5. The number of hydrogen-bond donors (Lipinski definition) is 0. The van der Waals surface area contributed by atoms with Crippen molar-refractivity contribution in [2.75, 3.05) is 17.8 Å². The zero-order valence-electron chi connectivity index (χ0n) is 73.2. The Morgan fingerprint density at radius 3 is 0.752 bits per heavy atom. The number of carbonyl (C=O) groups excluding carboxylic acids is 6. The molecule has 0 aliphatic carbocycles. The van der Waals surface area contributed by atoms with Crippen LogP contribution in [0, 0.1) is 53.7 Å². The molecule has 125 heavy (non-hydrogen) atoms. The molecule has 0 saturated heterocycles. The average molecular weight is 2150 g/mol. The highest BCUT2D eigenvalue weighted by atomic mass is 32.2. The molecule has 682 valence electrons. The molecule has 0 N–H and O–H groups in total. The molecule has 0 aliphatic heterocycles. The Morgan fingerprint density at radius 2 is 0.544 bits per heavy atom. The minimum absolute atomic E-state index is 0.00694. The molecule has 4 aromatic carbocycles. The summed E-state index contributed by atoms with van der Waals surface area (Å²) < 4.78 is 37.1. The molecule has 0 aromatic heterocycles. The molecule has 4 rings (SSSR count). The average Bonchev–Trinajstić information content (AvgIpc) is 0.870. The van der Waals surface area contributed by atoms with Crippen molar-refractivity contribution in [1.29, 1.82) is 15.8 Å². The molecule has 42 heteroatoms. The summed E-state index contributed by atoms with van der Waals surface area (Å²) in [6, 6.07) is 45.1. The van der Waals surface area contributed by atoms with Crippen molar-refractivity contribution in [2.45, 2.75) is 204 Å². The van der Waals surface area contributed by atoms with Gasteiger partial charge < -0.3 is 28.4 Å². The highest BCUT2D eigenvalue weighted by Gasteiger charge is 2.28. The van der Waals surface area contributed by atoms with E-state index in [1.165, 1.54) is 141 Å². The van der Waals surface area contributed by atoms with Crippen molar-refractivity contribution in [3.63, 3.8) is 0 Å². The summed E-state index contributed by atoms with van der Waals surface area (Å²) in [6.45, 7) is 65.1. The number of benzene rings is 4. The molecule has 0 aliphatic rings. The molecule has 0 bridgehead atoms. The number of hydrogen-bond acceptors (Lipinski definition) is 39. The molecule has 3 atom stereocenters. The van der Waals surface area contributed by atoms with Crippen LogP contribution in [0.1, 0.15) is 181 Å². The van der Waals surface area contributed by atoms with E-state index >= 15 is 0 Å². The number of carbonyl (C=O) groups is 6. The predicted molar refractivity (Wildman–Crippen MR) is 597 cm³/mol. The first-order chi connectivity index (χ1) is 58.0. The van der Waals surface area contributed by atoms with E-state index in [-0.39, 0.29) is 31.4 Å². The number of nitrogens with zero attached hydrogens (tertiary/aromatic N) is 6. The van der Waals surface area contributed by atoms with Crippen LogP contribution in [0.15, 0.2) is 121 Å². The maximum absolute atomic E-state index is 10.3. The van der Waals surface area contributed by atoms with Gasteiger partial charge in [0.25, 0.3) is 53.4 Å². The first-order valence-corrected chi connectivity index (χ1v) is 50.7. The lowest BCUT2D eigenvalue weighted by Crippen LogP contribution is -2.21. The van der Waals surface area contributed by atoms with Crippen LogP contribution in [-0.2, 0) is 57.2 Å². The second-order valence-electron chi connectivity index (χ2n) is 24.9. The van der Waals surface area contributed by atoms with Gasteiger partial charge in [0, 0.05) is 66.7 Å². The van der Waals surface area contributed by atoms with E-state index in [0.29, 0.717) is 50.7 Å². The maximum atomic E-state index is 10.3. The van der Waals surface area contributed by atoms with Gasteiger partial charge in [-0.3, -0.25) is 43.3 Å². The molecule has 3 unspecified atom stereocenters. The molecule has 0 fully saturated rings. The van der Waals surface area contributed by atoms with Gasteiger partial charge in [0.05, 0.1) is 59.1 Å². The highest BCUT2D eigenvalue weighted by Crippen LogP contribution is 2.33. The third-order valence-corrected chi connectivity index (χ3v) is 25.2. The molecule has 0 heterocycles. The lowest BCUT2D eigenvalue weighted by Gasteiger charge is -2.21. The van der Waals surface area contributed by atoms with Crippen molar-refractivity contribution < 1.29 is 57.2 Å². The largest absolute Gasteiger partial charge is 0.456 e. The van der Waals surface area contributed by atoms with Crippen molar-refractivity contribution in [3.05, 3.63) is 178 Å². The Balaban J connectivity index is -0.000000201. The zero-order valence-corrected chi connectivity index (χ0v) is 92.8.